The predicted molar refractivity (Wildman–Crippen MR) is 65.9 cm³/mol. The first kappa shape index (κ1) is 14.2. The molecule has 0 aliphatic rings. The van der Waals surface area contributed by atoms with Gasteiger partial charge in [0.05, 0.1) is 0 Å². The van der Waals surface area contributed by atoms with Crippen LogP contribution in [0.5, 0.6) is 0 Å². The van der Waals surface area contributed by atoms with E-state index >= 15 is 0 Å². The Kier molecular flexibility index (Phi) is 5.35. The van der Waals surface area contributed by atoms with Crippen LogP contribution in [0.1, 0.15) is 26.7 Å². The zero-order valence-corrected chi connectivity index (χ0v) is 10.7. The van der Waals surface area contributed by atoms with Crippen LogP contribution in [0, 0.1) is 5.92 Å². The highest BCUT2D eigenvalue weighted by Gasteiger charge is 2.24. The molecule has 6 heteroatoms. The van der Waals surface area contributed by atoms with Crippen molar-refractivity contribution < 1.29 is 14.7 Å². The molecule has 0 radical (unpaired) electrons. The molecule has 0 saturated carbocycles. The van der Waals surface area contributed by atoms with Gasteiger partial charge in [0, 0.05) is 25.4 Å². The molecule has 0 aliphatic carbocycles. The van der Waals surface area contributed by atoms with E-state index in [1.165, 1.54) is 0 Å². The maximum atomic E-state index is 11.7. The first-order valence-corrected chi connectivity index (χ1v) is 6.04. The van der Waals surface area contributed by atoms with Gasteiger partial charge in [0.1, 0.15) is 6.04 Å². The van der Waals surface area contributed by atoms with Gasteiger partial charge in [0.2, 0.25) is 5.91 Å². The monoisotopic (exact) mass is 253 g/mol. The smallest absolute Gasteiger partial charge is 0.326 e. The summed E-state index contributed by atoms with van der Waals surface area (Å²) in [6.45, 7) is 4.16. The maximum Gasteiger partial charge on any atom is 0.326 e. The lowest BCUT2D eigenvalue weighted by molar-refractivity contribution is -0.143. The fraction of sp³-hybridized carbons (Fsp3) is 0.583. The largest absolute Gasteiger partial charge is 0.480 e. The summed E-state index contributed by atoms with van der Waals surface area (Å²) in [6.07, 6.45) is 4.33. The van der Waals surface area contributed by atoms with Crippen LogP contribution in [0.25, 0.3) is 0 Å². The van der Waals surface area contributed by atoms with Crippen LogP contribution in [-0.4, -0.2) is 32.8 Å². The van der Waals surface area contributed by atoms with E-state index < -0.39 is 12.0 Å². The summed E-state index contributed by atoms with van der Waals surface area (Å²) in [5, 5.41) is 15.6. The van der Waals surface area contributed by atoms with Gasteiger partial charge in [0.25, 0.3) is 0 Å². The molecule has 2 atom stereocenters. The molecule has 1 amide bonds. The van der Waals surface area contributed by atoms with Crippen molar-refractivity contribution in [1.29, 1.82) is 0 Å². The Morgan fingerprint density at radius 3 is 2.72 bits per heavy atom. The van der Waals surface area contributed by atoms with Gasteiger partial charge in [-0.15, -0.1) is 0 Å². The predicted octanol–water partition coefficient (Wildman–Crippen LogP) is 0.889. The summed E-state index contributed by atoms with van der Waals surface area (Å²) in [4.78, 5) is 22.7. The fourth-order valence-electron chi connectivity index (χ4n) is 1.58. The fourth-order valence-corrected chi connectivity index (χ4v) is 1.58. The van der Waals surface area contributed by atoms with Gasteiger partial charge in [-0.25, -0.2) is 4.79 Å². The van der Waals surface area contributed by atoms with Crippen LogP contribution in [-0.2, 0) is 16.1 Å². The Hall–Kier alpha value is -1.85. The molecule has 1 rings (SSSR count). The number of aromatic nitrogens is 2. The molecule has 0 spiro atoms. The van der Waals surface area contributed by atoms with Crippen molar-refractivity contribution in [1.82, 2.24) is 15.1 Å². The third kappa shape index (κ3) is 4.20. The number of carboxylic acid groups (broad SMARTS) is 1. The molecule has 6 nitrogen and oxygen atoms in total. The third-order valence-corrected chi connectivity index (χ3v) is 2.92. The lowest BCUT2D eigenvalue weighted by Crippen LogP contribution is -2.45. The van der Waals surface area contributed by atoms with E-state index in [1.807, 2.05) is 13.8 Å². The number of carboxylic acids is 1. The summed E-state index contributed by atoms with van der Waals surface area (Å²) < 4.78 is 1.64. The van der Waals surface area contributed by atoms with Crippen molar-refractivity contribution >= 4 is 11.9 Å². The molecule has 18 heavy (non-hydrogen) atoms. The number of hydrogen-bond acceptors (Lipinski definition) is 3. The molecular weight excluding hydrogens is 234 g/mol. The van der Waals surface area contributed by atoms with Gasteiger partial charge in [-0.3, -0.25) is 9.48 Å². The van der Waals surface area contributed by atoms with E-state index in [4.69, 9.17) is 5.11 Å². The Morgan fingerprint density at radius 2 is 2.22 bits per heavy atom. The van der Waals surface area contributed by atoms with Crippen LogP contribution < -0.4 is 5.32 Å². The molecule has 1 heterocycles. The standard InChI is InChI=1S/C12H19N3O3/c1-3-9(2)11(12(17)18)14-10(16)5-8-15-7-4-6-13-15/h4,6-7,9,11H,3,5,8H2,1-2H3,(H,14,16)(H,17,18)/t9-,11-/m0/s1. The number of amides is 1. The minimum Gasteiger partial charge on any atom is -0.480 e. The van der Waals surface area contributed by atoms with Gasteiger partial charge >= 0.3 is 5.97 Å². The summed E-state index contributed by atoms with van der Waals surface area (Å²) in [5.41, 5.74) is 0. The quantitative estimate of drug-likeness (QED) is 0.755. The topological polar surface area (TPSA) is 84.2 Å². The Labute approximate surface area is 106 Å². The van der Waals surface area contributed by atoms with E-state index in [1.54, 1.807) is 23.1 Å². The summed E-state index contributed by atoms with van der Waals surface area (Å²) in [6, 6.07) is 0.956. The van der Waals surface area contributed by atoms with Crippen LogP contribution >= 0.6 is 0 Å². The second kappa shape index (κ2) is 6.78. The molecule has 0 saturated heterocycles. The molecule has 2 N–H and O–H groups in total. The second-order valence-corrected chi connectivity index (χ2v) is 4.29. The molecule has 0 unspecified atom stereocenters. The second-order valence-electron chi connectivity index (χ2n) is 4.29. The van der Waals surface area contributed by atoms with Crippen molar-refractivity contribution in [2.45, 2.75) is 39.3 Å². The van der Waals surface area contributed by atoms with E-state index in [9.17, 15) is 9.59 Å². The van der Waals surface area contributed by atoms with Gasteiger partial charge in [-0.2, -0.15) is 5.10 Å². The lowest BCUT2D eigenvalue weighted by atomic mass is 9.99. The number of nitrogens with one attached hydrogen (secondary N) is 1. The van der Waals surface area contributed by atoms with Gasteiger partial charge in [0.15, 0.2) is 0 Å². The Bertz CT molecular complexity index is 389. The average Bonchev–Trinajstić information content (AvgIpc) is 2.85. The number of carbonyl (C=O) groups excluding carboxylic acids is 1. The highest BCUT2D eigenvalue weighted by molar-refractivity contribution is 5.83. The summed E-state index contributed by atoms with van der Waals surface area (Å²) in [5.74, 6) is -1.34. The van der Waals surface area contributed by atoms with Crippen LogP contribution in [0.2, 0.25) is 0 Å². The number of rotatable bonds is 7. The third-order valence-electron chi connectivity index (χ3n) is 2.92. The van der Waals surface area contributed by atoms with Crippen LogP contribution in [0.4, 0.5) is 0 Å². The number of nitrogens with zero attached hydrogens (tertiary/aromatic N) is 2. The normalized spacial score (nSPS) is 13.9. The van der Waals surface area contributed by atoms with Crippen LogP contribution in [0.3, 0.4) is 0 Å². The molecule has 0 bridgehead atoms. The zero-order chi connectivity index (χ0) is 13.5. The first-order chi connectivity index (χ1) is 8.54. The average molecular weight is 253 g/mol. The lowest BCUT2D eigenvalue weighted by Gasteiger charge is -2.20. The zero-order valence-electron chi connectivity index (χ0n) is 10.7. The summed E-state index contributed by atoms with van der Waals surface area (Å²) in [7, 11) is 0. The van der Waals surface area contributed by atoms with Gasteiger partial charge in [-0.1, -0.05) is 20.3 Å². The van der Waals surface area contributed by atoms with Crippen molar-refractivity contribution in [3.8, 4) is 0 Å². The Morgan fingerprint density at radius 1 is 1.50 bits per heavy atom. The number of aryl methyl sites for hydroxylation is 1. The highest BCUT2D eigenvalue weighted by atomic mass is 16.4. The minimum absolute atomic E-state index is 0.0869. The number of carbonyl (C=O) groups is 2. The minimum atomic E-state index is -0.989. The molecule has 0 fully saturated rings. The number of hydrogen-bond donors (Lipinski definition) is 2. The van der Waals surface area contributed by atoms with Crippen molar-refractivity contribution in [2.75, 3.05) is 0 Å². The van der Waals surface area contributed by atoms with E-state index in [2.05, 4.69) is 10.4 Å². The van der Waals surface area contributed by atoms with Crippen molar-refractivity contribution in [2.24, 2.45) is 5.92 Å². The van der Waals surface area contributed by atoms with E-state index in [0.717, 1.165) is 0 Å². The van der Waals surface area contributed by atoms with Crippen molar-refractivity contribution in [3.05, 3.63) is 18.5 Å². The number of aliphatic carboxylic acids is 1. The molecule has 100 valence electrons. The Balaban J connectivity index is 2.44. The first-order valence-electron chi connectivity index (χ1n) is 6.04. The molecule has 0 aliphatic heterocycles. The molecule has 0 aromatic carbocycles. The van der Waals surface area contributed by atoms with E-state index in [-0.39, 0.29) is 18.2 Å². The molecule has 1 aromatic rings. The van der Waals surface area contributed by atoms with Crippen molar-refractivity contribution in [3.63, 3.8) is 0 Å². The van der Waals surface area contributed by atoms with Gasteiger partial charge in [-0.05, 0) is 12.0 Å². The molecular formula is C12H19N3O3. The SMILES string of the molecule is CC[C@H](C)[C@H](NC(=O)CCn1cccn1)C(=O)O. The van der Waals surface area contributed by atoms with E-state index in [0.29, 0.717) is 13.0 Å². The van der Waals surface area contributed by atoms with Crippen LogP contribution in [0.15, 0.2) is 18.5 Å². The van der Waals surface area contributed by atoms with Gasteiger partial charge < -0.3 is 10.4 Å². The summed E-state index contributed by atoms with van der Waals surface area (Å²) >= 11 is 0. The molecule has 1 aromatic heterocycles. The maximum absolute atomic E-state index is 11.7. The highest BCUT2D eigenvalue weighted by Crippen LogP contribution is 2.08.